The average Bonchev–Trinajstić information content (AvgIpc) is 2.97. The van der Waals surface area contributed by atoms with Gasteiger partial charge in [0, 0.05) is 26.2 Å². The number of morpholine rings is 1. The highest BCUT2D eigenvalue weighted by Crippen LogP contribution is 2.34. The summed E-state index contributed by atoms with van der Waals surface area (Å²) < 4.78 is 52.5. The van der Waals surface area contributed by atoms with Gasteiger partial charge in [-0.15, -0.1) is 0 Å². The Morgan fingerprint density at radius 2 is 1.70 bits per heavy atom. The van der Waals surface area contributed by atoms with Crippen LogP contribution in [0.15, 0.2) is 71.6 Å². The van der Waals surface area contributed by atoms with Crippen LogP contribution in [0.1, 0.15) is 12.0 Å². The summed E-state index contributed by atoms with van der Waals surface area (Å²) in [6, 6.07) is 14.7. The van der Waals surface area contributed by atoms with E-state index >= 15 is 0 Å². The van der Waals surface area contributed by atoms with Crippen molar-refractivity contribution in [2.75, 3.05) is 44.7 Å². The van der Waals surface area contributed by atoms with Gasteiger partial charge in [0.25, 0.3) is 0 Å². The van der Waals surface area contributed by atoms with Crippen LogP contribution in [-0.2, 0) is 14.8 Å². The van der Waals surface area contributed by atoms with Crippen molar-refractivity contribution in [2.24, 2.45) is 0 Å². The van der Waals surface area contributed by atoms with Gasteiger partial charge in [-0.2, -0.15) is 4.31 Å². The largest absolute Gasteiger partial charge is 0.455 e. The molecule has 3 aromatic carbocycles. The van der Waals surface area contributed by atoms with Crippen molar-refractivity contribution in [1.82, 2.24) is 9.21 Å². The number of carbonyl (C=O) groups excluding carboxylic acids is 1. The number of carbonyl (C=O) groups is 1. The van der Waals surface area contributed by atoms with Crippen LogP contribution in [0.4, 0.5) is 14.9 Å². The van der Waals surface area contributed by atoms with Gasteiger partial charge >= 0.3 is 6.03 Å². The van der Waals surface area contributed by atoms with Crippen LogP contribution in [0.2, 0.25) is 10.0 Å². The van der Waals surface area contributed by atoms with Gasteiger partial charge in [-0.1, -0.05) is 35.3 Å². The van der Waals surface area contributed by atoms with E-state index in [-0.39, 0.29) is 29.4 Å². The topological polar surface area (TPSA) is 88.2 Å². The maximum atomic E-state index is 13.4. The SMILES string of the molecule is O=C(Nc1cc(S(=O)(=O)N2CCOCC2)ccc1Oc1ccc(F)cc1)N1CC=C(c2ccc(Cl)c(Cl)c2)CC1. The zero-order valence-electron chi connectivity index (χ0n) is 21.3. The Balaban J connectivity index is 1.38. The van der Waals surface area contributed by atoms with Crippen molar-refractivity contribution in [2.45, 2.75) is 11.3 Å². The average molecular weight is 607 g/mol. The van der Waals surface area contributed by atoms with E-state index in [0.29, 0.717) is 48.5 Å². The second kappa shape index (κ2) is 12.2. The molecule has 0 aliphatic carbocycles. The first-order chi connectivity index (χ1) is 19.2. The number of nitrogens with zero attached hydrogens (tertiary/aromatic N) is 2. The zero-order chi connectivity index (χ0) is 28.3. The lowest BCUT2D eigenvalue weighted by Crippen LogP contribution is -2.40. The summed E-state index contributed by atoms with van der Waals surface area (Å²) in [6.07, 6.45) is 2.54. The third-order valence-electron chi connectivity index (χ3n) is 6.63. The van der Waals surface area contributed by atoms with E-state index in [0.717, 1.165) is 11.1 Å². The normalized spacial score (nSPS) is 16.4. The Labute approximate surface area is 241 Å². The Morgan fingerprint density at radius 1 is 0.950 bits per heavy atom. The number of hydrogen-bond acceptors (Lipinski definition) is 5. The van der Waals surface area contributed by atoms with Crippen molar-refractivity contribution in [1.29, 1.82) is 0 Å². The van der Waals surface area contributed by atoms with Gasteiger partial charge in [0.05, 0.1) is 33.8 Å². The Morgan fingerprint density at radius 3 is 2.38 bits per heavy atom. The molecule has 3 aromatic rings. The molecule has 2 heterocycles. The van der Waals surface area contributed by atoms with Crippen molar-refractivity contribution in [3.63, 3.8) is 0 Å². The summed E-state index contributed by atoms with van der Waals surface area (Å²) in [7, 11) is -3.83. The Bertz CT molecular complexity index is 1540. The molecule has 210 valence electrons. The van der Waals surface area contributed by atoms with Crippen LogP contribution in [0.5, 0.6) is 11.5 Å². The molecule has 0 bridgehead atoms. The van der Waals surface area contributed by atoms with Crippen molar-refractivity contribution >= 4 is 50.5 Å². The summed E-state index contributed by atoms with van der Waals surface area (Å²) in [5.74, 6) is 0.115. The van der Waals surface area contributed by atoms with Gasteiger partial charge in [0.1, 0.15) is 11.6 Å². The Hall–Kier alpha value is -3.15. The third kappa shape index (κ3) is 6.42. The molecular formula is C28H26Cl2FN3O5S. The quantitative estimate of drug-likeness (QED) is 0.358. The Kier molecular flexibility index (Phi) is 8.62. The lowest BCUT2D eigenvalue weighted by molar-refractivity contribution is 0.0730. The van der Waals surface area contributed by atoms with Crippen molar-refractivity contribution < 1.29 is 27.1 Å². The van der Waals surface area contributed by atoms with E-state index in [2.05, 4.69) is 5.32 Å². The van der Waals surface area contributed by atoms with E-state index in [4.69, 9.17) is 32.7 Å². The highest BCUT2D eigenvalue weighted by molar-refractivity contribution is 7.89. The molecule has 1 fully saturated rings. The van der Waals surface area contributed by atoms with Crippen LogP contribution in [-0.4, -0.2) is 63.0 Å². The molecular weight excluding hydrogens is 580 g/mol. The summed E-state index contributed by atoms with van der Waals surface area (Å²) in [4.78, 5) is 14.9. The molecule has 5 rings (SSSR count). The van der Waals surface area contributed by atoms with E-state index in [1.807, 2.05) is 12.1 Å². The molecule has 1 saturated heterocycles. The second-order valence-electron chi connectivity index (χ2n) is 9.21. The van der Waals surface area contributed by atoms with Crippen molar-refractivity contribution in [3.8, 4) is 11.5 Å². The van der Waals surface area contributed by atoms with E-state index in [1.54, 1.807) is 17.0 Å². The smallest absolute Gasteiger partial charge is 0.322 e. The molecule has 12 heteroatoms. The minimum Gasteiger partial charge on any atom is -0.455 e. The molecule has 2 amide bonds. The summed E-state index contributed by atoms with van der Waals surface area (Å²) in [6.45, 7) is 1.85. The number of urea groups is 1. The molecule has 40 heavy (non-hydrogen) atoms. The number of amides is 2. The molecule has 0 atom stereocenters. The van der Waals surface area contributed by atoms with Crippen LogP contribution in [0.3, 0.4) is 0 Å². The molecule has 2 aliphatic rings. The molecule has 0 spiro atoms. The summed E-state index contributed by atoms with van der Waals surface area (Å²) in [5.41, 5.74) is 2.15. The highest BCUT2D eigenvalue weighted by Gasteiger charge is 2.28. The molecule has 8 nitrogen and oxygen atoms in total. The van der Waals surface area contributed by atoms with Crippen molar-refractivity contribution in [3.05, 3.63) is 88.2 Å². The van der Waals surface area contributed by atoms with Gasteiger partial charge in [0.2, 0.25) is 10.0 Å². The fourth-order valence-corrected chi connectivity index (χ4v) is 6.16. The van der Waals surface area contributed by atoms with E-state index < -0.39 is 21.9 Å². The first-order valence-corrected chi connectivity index (χ1v) is 14.8. The first kappa shape index (κ1) is 28.4. The molecule has 0 unspecified atom stereocenters. The first-order valence-electron chi connectivity index (χ1n) is 12.6. The van der Waals surface area contributed by atoms with Gasteiger partial charge in [-0.3, -0.25) is 0 Å². The van der Waals surface area contributed by atoms with E-state index in [9.17, 15) is 17.6 Å². The number of nitrogens with one attached hydrogen (secondary N) is 1. The molecule has 1 N–H and O–H groups in total. The second-order valence-corrected chi connectivity index (χ2v) is 12.0. The predicted molar refractivity (Wildman–Crippen MR) is 152 cm³/mol. The molecule has 0 aromatic heterocycles. The van der Waals surface area contributed by atoms with Gasteiger partial charge in [-0.25, -0.2) is 17.6 Å². The van der Waals surface area contributed by atoms with Gasteiger partial charge in [-0.05, 0) is 72.2 Å². The van der Waals surface area contributed by atoms with Crippen LogP contribution in [0, 0.1) is 5.82 Å². The number of ether oxygens (including phenoxy) is 2. The minimum absolute atomic E-state index is 0.0107. The van der Waals surface area contributed by atoms with Crippen LogP contribution in [0.25, 0.3) is 5.57 Å². The standard InChI is InChI=1S/C28H26Cl2FN3O5S/c29-24-7-1-20(17-25(24)30)19-9-11-33(12-10-19)28(35)32-26-18-23(40(36,37)34-13-15-38-16-14-34)6-8-27(26)39-22-4-2-21(31)3-5-22/h1-9,17-18H,10-16H2,(H,32,35). The highest BCUT2D eigenvalue weighted by atomic mass is 35.5. The lowest BCUT2D eigenvalue weighted by Gasteiger charge is -2.28. The number of halogens is 3. The number of rotatable bonds is 6. The number of benzene rings is 3. The van der Waals surface area contributed by atoms with Crippen LogP contribution < -0.4 is 10.1 Å². The summed E-state index contributed by atoms with van der Waals surface area (Å²) >= 11 is 12.2. The van der Waals surface area contributed by atoms with Gasteiger partial charge < -0.3 is 19.7 Å². The predicted octanol–water partition coefficient (Wildman–Crippen LogP) is 6.27. The summed E-state index contributed by atoms with van der Waals surface area (Å²) in [5, 5.41) is 3.74. The maximum absolute atomic E-state index is 13.4. The van der Waals surface area contributed by atoms with E-state index in [1.165, 1.54) is 46.8 Å². The monoisotopic (exact) mass is 605 g/mol. The van der Waals surface area contributed by atoms with Gasteiger partial charge in [0.15, 0.2) is 5.75 Å². The minimum atomic E-state index is -3.83. The maximum Gasteiger partial charge on any atom is 0.322 e. The third-order valence-corrected chi connectivity index (χ3v) is 9.26. The zero-order valence-corrected chi connectivity index (χ0v) is 23.6. The molecule has 0 saturated carbocycles. The lowest BCUT2D eigenvalue weighted by atomic mass is 10.00. The van der Waals surface area contributed by atoms with Crippen LogP contribution >= 0.6 is 23.2 Å². The fourth-order valence-electron chi connectivity index (χ4n) is 4.43. The molecule has 2 aliphatic heterocycles. The number of hydrogen-bond donors (Lipinski definition) is 1. The molecule has 0 radical (unpaired) electrons. The number of anilines is 1. The number of sulfonamides is 1. The fraction of sp³-hybridized carbons (Fsp3) is 0.250.